The van der Waals surface area contributed by atoms with Gasteiger partial charge in [0, 0.05) is 46.7 Å². The summed E-state index contributed by atoms with van der Waals surface area (Å²) < 4.78 is 1.93. The maximum atomic E-state index is 10.4. The molecule has 126 valence electrons. The molecule has 1 saturated heterocycles. The van der Waals surface area contributed by atoms with Gasteiger partial charge in [-0.15, -0.1) is 24.8 Å². The minimum atomic E-state index is 0. The van der Waals surface area contributed by atoms with Gasteiger partial charge in [-0.1, -0.05) is 38.3 Å². The van der Waals surface area contributed by atoms with E-state index >= 15 is 0 Å². The lowest BCUT2D eigenvalue weighted by atomic mass is 9.76. The lowest BCUT2D eigenvalue weighted by Crippen LogP contribution is -2.48. The zero-order valence-electron chi connectivity index (χ0n) is 12.2. The zero-order valence-corrected chi connectivity index (χ0v) is 17.0. The fourth-order valence-corrected chi connectivity index (χ4v) is 4.73. The highest BCUT2D eigenvalue weighted by molar-refractivity contribution is 9.11. The number of piperazine rings is 1. The molecule has 3 nitrogen and oxygen atoms in total. The van der Waals surface area contributed by atoms with E-state index in [9.17, 15) is 5.11 Å². The molecule has 7 heteroatoms. The van der Waals surface area contributed by atoms with Crippen molar-refractivity contribution in [2.75, 3.05) is 26.2 Å². The Morgan fingerprint density at radius 3 is 2.27 bits per heavy atom. The minimum Gasteiger partial charge on any atom is -0.508 e. The predicted molar refractivity (Wildman–Crippen MR) is 103 cm³/mol. The Balaban J connectivity index is 0.00000121. The van der Waals surface area contributed by atoms with Gasteiger partial charge in [-0.25, -0.2) is 0 Å². The summed E-state index contributed by atoms with van der Waals surface area (Å²) in [5, 5.41) is 13.9. The fraction of sp³-hybridized carbons (Fsp3) is 0.600. The highest BCUT2D eigenvalue weighted by Crippen LogP contribution is 2.47. The molecular formula is C15H22Br2Cl2N2O. The summed E-state index contributed by atoms with van der Waals surface area (Å²) >= 11 is 7.10. The van der Waals surface area contributed by atoms with Crippen molar-refractivity contribution < 1.29 is 5.11 Å². The highest BCUT2D eigenvalue weighted by atomic mass is 79.9. The molecule has 1 aromatic rings. The van der Waals surface area contributed by atoms with Gasteiger partial charge in [0.2, 0.25) is 0 Å². The second-order valence-electron chi connectivity index (χ2n) is 5.74. The van der Waals surface area contributed by atoms with Crippen molar-refractivity contribution >= 4 is 56.7 Å². The number of halogens is 4. The Hall–Kier alpha value is 0.480. The Morgan fingerprint density at radius 1 is 1.14 bits per heavy atom. The number of nitrogens with one attached hydrogen (secondary N) is 1. The molecule has 2 N–H and O–H groups in total. The molecule has 0 unspecified atom stereocenters. The quantitative estimate of drug-likeness (QED) is 0.674. The van der Waals surface area contributed by atoms with Crippen molar-refractivity contribution in [2.45, 2.75) is 25.3 Å². The molecule has 0 spiro atoms. The molecule has 1 heterocycles. The highest BCUT2D eigenvalue weighted by Gasteiger charge is 2.36. The van der Waals surface area contributed by atoms with E-state index in [1.54, 1.807) is 0 Å². The molecule has 2 aliphatic rings. The minimum absolute atomic E-state index is 0. The lowest BCUT2D eigenvalue weighted by Gasteiger charge is -2.43. The number of rotatable bonds is 3. The van der Waals surface area contributed by atoms with Crippen LogP contribution in [0.15, 0.2) is 21.1 Å². The molecule has 1 aromatic carbocycles. The number of benzene rings is 1. The molecule has 0 bridgehead atoms. The first-order valence-electron chi connectivity index (χ1n) is 7.29. The maximum absolute atomic E-state index is 10.4. The average molecular weight is 477 g/mol. The normalized spacial score (nSPS) is 20.5. The number of phenols is 1. The third-order valence-corrected chi connectivity index (χ3v) is 5.62. The van der Waals surface area contributed by atoms with E-state index in [4.69, 9.17) is 0 Å². The Bertz CT molecular complexity index is 471. The molecule has 2 fully saturated rings. The summed E-state index contributed by atoms with van der Waals surface area (Å²) in [7, 11) is 0. The monoisotopic (exact) mass is 474 g/mol. The van der Waals surface area contributed by atoms with Gasteiger partial charge in [0.15, 0.2) is 0 Å². The van der Waals surface area contributed by atoms with Gasteiger partial charge >= 0.3 is 0 Å². The van der Waals surface area contributed by atoms with Crippen LogP contribution < -0.4 is 5.32 Å². The lowest BCUT2D eigenvalue weighted by molar-refractivity contribution is 0.0814. The van der Waals surface area contributed by atoms with E-state index in [1.165, 1.54) is 19.3 Å². The molecule has 0 aromatic heterocycles. The van der Waals surface area contributed by atoms with E-state index in [2.05, 4.69) is 42.1 Å². The van der Waals surface area contributed by atoms with Crippen LogP contribution in [0.4, 0.5) is 0 Å². The topological polar surface area (TPSA) is 35.5 Å². The van der Waals surface area contributed by atoms with Gasteiger partial charge in [0.1, 0.15) is 5.75 Å². The number of nitrogens with zero attached hydrogens (tertiary/aromatic N) is 1. The van der Waals surface area contributed by atoms with Gasteiger partial charge < -0.3 is 10.4 Å². The van der Waals surface area contributed by atoms with Crippen LogP contribution in [-0.4, -0.2) is 36.2 Å². The van der Waals surface area contributed by atoms with Crippen LogP contribution in [-0.2, 0) is 0 Å². The number of hydrogen-bond acceptors (Lipinski definition) is 3. The van der Waals surface area contributed by atoms with Crippen LogP contribution in [0.2, 0.25) is 0 Å². The van der Waals surface area contributed by atoms with Crippen molar-refractivity contribution in [1.29, 1.82) is 0 Å². The molecule has 1 aliphatic heterocycles. The molecule has 0 amide bonds. The Labute approximate surface area is 161 Å². The van der Waals surface area contributed by atoms with Gasteiger partial charge in [0.05, 0.1) is 0 Å². The predicted octanol–water partition coefficient (Wildman–Crippen LogP) is 4.51. The van der Waals surface area contributed by atoms with Crippen molar-refractivity contribution in [3.63, 3.8) is 0 Å². The molecule has 1 saturated carbocycles. The van der Waals surface area contributed by atoms with Crippen LogP contribution in [0.3, 0.4) is 0 Å². The van der Waals surface area contributed by atoms with E-state index < -0.39 is 0 Å². The smallest absolute Gasteiger partial charge is 0.122 e. The van der Waals surface area contributed by atoms with Gasteiger partial charge in [-0.05, 0) is 30.9 Å². The largest absolute Gasteiger partial charge is 0.508 e. The SMILES string of the molecule is Cl.Cl.Oc1cc(Br)cc(Br)c1[C@H](C1CCC1)N1CCNCC1. The molecule has 1 aliphatic carbocycles. The second kappa shape index (κ2) is 9.09. The molecule has 1 atom stereocenters. The van der Waals surface area contributed by atoms with Crippen LogP contribution in [0.1, 0.15) is 30.9 Å². The van der Waals surface area contributed by atoms with Crippen LogP contribution in [0.25, 0.3) is 0 Å². The summed E-state index contributed by atoms with van der Waals surface area (Å²) in [6.07, 6.45) is 3.87. The first-order chi connectivity index (χ1) is 9.66. The first-order valence-corrected chi connectivity index (χ1v) is 8.88. The third-order valence-electron chi connectivity index (χ3n) is 4.51. The molecule has 22 heavy (non-hydrogen) atoms. The molecular weight excluding hydrogens is 455 g/mol. The standard InChI is InChI=1S/C15H20Br2N2O.2ClH/c16-11-8-12(17)14(13(20)9-11)15(10-2-1-3-10)19-6-4-18-5-7-19;;/h8-10,15,18,20H,1-7H2;2*1H/t15-;;/m0../s1. The van der Waals surface area contributed by atoms with E-state index in [-0.39, 0.29) is 24.8 Å². The van der Waals surface area contributed by atoms with Crippen molar-refractivity contribution in [2.24, 2.45) is 5.92 Å². The maximum Gasteiger partial charge on any atom is 0.122 e. The second-order valence-corrected chi connectivity index (χ2v) is 7.51. The van der Waals surface area contributed by atoms with Gasteiger partial charge in [0.25, 0.3) is 0 Å². The van der Waals surface area contributed by atoms with Crippen molar-refractivity contribution in [3.05, 3.63) is 26.6 Å². The zero-order chi connectivity index (χ0) is 14.1. The Morgan fingerprint density at radius 2 is 1.77 bits per heavy atom. The summed E-state index contributed by atoms with van der Waals surface area (Å²) in [5.74, 6) is 1.08. The van der Waals surface area contributed by atoms with Crippen molar-refractivity contribution in [1.82, 2.24) is 10.2 Å². The summed E-state index contributed by atoms with van der Waals surface area (Å²) in [6, 6.07) is 4.20. The molecule has 0 radical (unpaired) electrons. The van der Waals surface area contributed by atoms with Gasteiger partial charge in [-0.2, -0.15) is 0 Å². The number of phenolic OH excluding ortho intramolecular Hbond substituents is 1. The first kappa shape index (κ1) is 20.5. The number of hydrogen-bond donors (Lipinski definition) is 2. The van der Waals surface area contributed by atoms with Crippen LogP contribution in [0.5, 0.6) is 5.75 Å². The van der Waals surface area contributed by atoms with Crippen LogP contribution in [0, 0.1) is 5.92 Å². The van der Waals surface area contributed by atoms with Gasteiger partial charge in [-0.3, -0.25) is 4.90 Å². The van der Waals surface area contributed by atoms with Crippen LogP contribution >= 0.6 is 56.7 Å². The van der Waals surface area contributed by atoms with E-state index in [1.807, 2.05) is 12.1 Å². The van der Waals surface area contributed by atoms with E-state index in [0.717, 1.165) is 40.7 Å². The fourth-order valence-electron chi connectivity index (χ4n) is 3.30. The summed E-state index contributed by atoms with van der Waals surface area (Å²) in [4.78, 5) is 2.54. The number of aromatic hydroxyl groups is 1. The van der Waals surface area contributed by atoms with Crippen molar-refractivity contribution in [3.8, 4) is 5.75 Å². The average Bonchev–Trinajstić information content (AvgIpc) is 2.35. The molecule has 3 rings (SSSR count). The summed E-state index contributed by atoms with van der Waals surface area (Å²) in [5.41, 5.74) is 1.07. The van der Waals surface area contributed by atoms with E-state index in [0.29, 0.717) is 17.7 Å². The summed E-state index contributed by atoms with van der Waals surface area (Å²) in [6.45, 7) is 4.20. The Kier molecular flexibility index (Phi) is 8.48. The third kappa shape index (κ3) is 4.31.